The summed E-state index contributed by atoms with van der Waals surface area (Å²) in [7, 11) is 1.56. The van der Waals surface area contributed by atoms with Crippen LogP contribution in [0.4, 0.5) is 10.5 Å². The number of nitrogens with zero attached hydrogens (tertiary/aromatic N) is 2. The fourth-order valence-corrected chi connectivity index (χ4v) is 1.45. The van der Waals surface area contributed by atoms with Crippen LogP contribution in [0.2, 0.25) is 0 Å². The van der Waals surface area contributed by atoms with E-state index < -0.39 is 6.09 Å². The molecule has 0 radical (unpaired) electrons. The van der Waals surface area contributed by atoms with Crippen molar-refractivity contribution in [1.29, 1.82) is 0 Å². The quantitative estimate of drug-likeness (QED) is 0.734. The predicted molar refractivity (Wildman–Crippen MR) is 51.2 cm³/mol. The maximum atomic E-state index is 10.7. The van der Waals surface area contributed by atoms with Crippen LogP contribution in [0, 0.1) is 0 Å². The third-order valence-electron chi connectivity index (χ3n) is 2.11. The molecule has 14 heavy (non-hydrogen) atoms. The lowest BCUT2D eigenvalue weighted by Crippen LogP contribution is -2.23. The van der Waals surface area contributed by atoms with Gasteiger partial charge in [0, 0.05) is 18.0 Å². The number of aromatic nitrogens is 1. The van der Waals surface area contributed by atoms with E-state index in [4.69, 9.17) is 9.94 Å². The second kappa shape index (κ2) is 3.19. The van der Waals surface area contributed by atoms with Gasteiger partial charge in [-0.25, -0.2) is 9.86 Å². The smallest absolute Gasteiger partial charge is 0.415 e. The monoisotopic (exact) mass is 194 g/mol. The number of carboxylic acid groups (broad SMARTS) is 1. The van der Waals surface area contributed by atoms with Gasteiger partial charge in [0.25, 0.3) is 0 Å². The van der Waals surface area contributed by atoms with E-state index in [9.17, 15) is 4.79 Å². The van der Waals surface area contributed by atoms with Gasteiger partial charge in [-0.15, -0.1) is 0 Å². The summed E-state index contributed by atoms with van der Waals surface area (Å²) in [5, 5.41) is 10.4. The summed E-state index contributed by atoms with van der Waals surface area (Å²) < 4.78 is 1.12. The van der Waals surface area contributed by atoms with Gasteiger partial charge in [0.05, 0.1) is 19.3 Å². The molecule has 0 saturated heterocycles. The van der Waals surface area contributed by atoms with Crippen molar-refractivity contribution in [3.63, 3.8) is 0 Å². The predicted octanol–water partition coefficient (Wildman–Crippen LogP) is 1.41. The largest absolute Gasteiger partial charge is 0.464 e. The van der Waals surface area contributed by atoms with Gasteiger partial charge in [-0.1, -0.05) is 12.2 Å². The highest BCUT2D eigenvalue weighted by Crippen LogP contribution is 2.26. The first kappa shape index (κ1) is 8.83. The zero-order valence-corrected chi connectivity index (χ0v) is 7.67. The Morgan fingerprint density at radius 3 is 3.00 bits per heavy atom. The van der Waals surface area contributed by atoms with Crippen molar-refractivity contribution in [2.45, 2.75) is 0 Å². The minimum absolute atomic E-state index is 0.632. The third kappa shape index (κ3) is 1.27. The normalized spacial score (nSPS) is 14.2. The van der Waals surface area contributed by atoms with Crippen LogP contribution < -0.4 is 5.06 Å². The molecule has 0 aromatic carbocycles. The molecule has 0 saturated carbocycles. The highest BCUT2D eigenvalue weighted by atomic mass is 16.7. The highest BCUT2D eigenvalue weighted by Gasteiger charge is 2.16. The Morgan fingerprint density at radius 1 is 1.57 bits per heavy atom. The molecule has 74 valence electrons. The van der Waals surface area contributed by atoms with Crippen molar-refractivity contribution in [2.75, 3.05) is 18.7 Å². The molecule has 0 atom stereocenters. The second-order valence-corrected chi connectivity index (χ2v) is 2.93. The second-order valence-electron chi connectivity index (χ2n) is 2.93. The van der Waals surface area contributed by atoms with Crippen LogP contribution in [-0.2, 0) is 4.84 Å². The molecule has 1 N–H and O–H groups in total. The van der Waals surface area contributed by atoms with E-state index in [2.05, 4.69) is 0 Å². The van der Waals surface area contributed by atoms with Gasteiger partial charge in [0.15, 0.2) is 0 Å². The fraction of sp³-hybridized carbons (Fsp3) is 0.222. The molecule has 0 spiro atoms. The summed E-state index contributed by atoms with van der Waals surface area (Å²) in [6.45, 7) is 0.632. The van der Waals surface area contributed by atoms with Gasteiger partial charge < -0.3 is 5.11 Å². The minimum Gasteiger partial charge on any atom is -0.464 e. The molecule has 2 heterocycles. The van der Waals surface area contributed by atoms with Crippen molar-refractivity contribution >= 4 is 17.9 Å². The lowest BCUT2D eigenvalue weighted by atomic mass is 10.2. The van der Waals surface area contributed by atoms with E-state index in [0.29, 0.717) is 6.54 Å². The summed E-state index contributed by atoms with van der Waals surface area (Å²) in [5.41, 5.74) is 1.62. The Kier molecular flexibility index (Phi) is 2.01. The molecule has 1 aromatic rings. The standard InChI is InChI=1S/C9H10N2O3/c1-14-11-4-2-3-7-5-10(9(12)13)6-8(7)11/h2-3,5-6H,4H2,1H3,(H,12,13). The zero-order valence-electron chi connectivity index (χ0n) is 7.67. The fourth-order valence-electron chi connectivity index (χ4n) is 1.45. The molecule has 0 unspecified atom stereocenters. The summed E-state index contributed by atoms with van der Waals surface area (Å²) in [6.07, 6.45) is 5.88. The van der Waals surface area contributed by atoms with E-state index in [0.717, 1.165) is 15.8 Å². The van der Waals surface area contributed by atoms with Gasteiger partial charge in [-0.3, -0.25) is 9.40 Å². The molecule has 1 aromatic heterocycles. The number of carbonyl (C=O) groups is 1. The molecule has 1 aliphatic rings. The van der Waals surface area contributed by atoms with Crippen LogP contribution in [-0.4, -0.2) is 29.4 Å². The van der Waals surface area contributed by atoms with Crippen LogP contribution in [0.15, 0.2) is 18.5 Å². The molecule has 5 nitrogen and oxygen atoms in total. The molecule has 0 fully saturated rings. The van der Waals surface area contributed by atoms with Gasteiger partial charge in [-0.05, 0) is 0 Å². The zero-order chi connectivity index (χ0) is 10.1. The Balaban J connectivity index is 2.44. The Hall–Kier alpha value is -1.75. The maximum Gasteiger partial charge on any atom is 0.415 e. The molecule has 0 aliphatic carbocycles. The average Bonchev–Trinajstić information content (AvgIpc) is 2.60. The first-order valence-electron chi connectivity index (χ1n) is 4.16. The number of hydrogen-bond acceptors (Lipinski definition) is 3. The van der Waals surface area contributed by atoms with Crippen molar-refractivity contribution in [3.05, 3.63) is 24.0 Å². The topological polar surface area (TPSA) is 54.7 Å². The Morgan fingerprint density at radius 2 is 2.36 bits per heavy atom. The summed E-state index contributed by atoms with van der Waals surface area (Å²) in [4.78, 5) is 15.8. The number of fused-ring (bicyclic) bond motifs is 1. The van der Waals surface area contributed by atoms with Crippen LogP contribution in [0.1, 0.15) is 5.56 Å². The number of hydroxylamine groups is 1. The van der Waals surface area contributed by atoms with Crippen LogP contribution >= 0.6 is 0 Å². The molecule has 0 bridgehead atoms. The Labute approximate surface area is 80.8 Å². The third-order valence-corrected chi connectivity index (χ3v) is 2.11. The van der Waals surface area contributed by atoms with E-state index in [1.54, 1.807) is 18.4 Å². The maximum absolute atomic E-state index is 10.7. The summed E-state index contributed by atoms with van der Waals surface area (Å²) >= 11 is 0. The number of rotatable bonds is 1. The first-order valence-corrected chi connectivity index (χ1v) is 4.16. The van der Waals surface area contributed by atoms with Crippen LogP contribution in [0.3, 0.4) is 0 Å². The van der Waals surface area contributed by atoms with Crippen molar-refractivity contribution < 1.29 is 14.7 Å². The van der Waals surface area contributed by atoms with Gasteiger partial charge in [0.2, 0.25) is 0 Å². The van der Waals surface area contributed by atoms with E-state index >= 15 is 0 Å². The SMILES string of the molecule is CON1CC=Cc2cn(C(=O)O)cc21. The average molecular weight is 194 g/mol. The van der Waals surface area contributed by atoms with Crippen molar-refractivity contribution in [1.82, 2.24) is 4.57 Å². The lowest BCUT2D eigenvalue weighted by Gasteiger charge is -2.22. The summed E-state index contributed by atoms with van der Waals surface area (Å²) in [6, 6.07) is 0. The molecular formula is C9H10N2O3. The van der Waals surface area contributed by atoms with Gasteiger partial charge in [-0.2, -0.15) is 0 Å². The van der Waals surface area contributed by atoms with Crippen molar-refractivity contribution in [3.8, 4) is 0 Å². The first-order chi connectivity index (χ1) is 6.72. The van der Waals surface area contributed by atoms with Gasteiger partial charge in [0.1, 0.15) is 0 Å². The lowest BCUT2D eigenvalue weighted by molar-refractivity contribution is 0.174. The molecule has 0 amide bonds. The van der Waals surface area contributed by atoms with Crippen LogP contribution in [0.25, 0.3) is 6.08 Å². The molecular weight excluding hydrogens is 184 g/mol. The molecule has 2 rings (SSSR count). The molecule has 1 aliphatic heterocycles. The highest BCUT2D eigenvalue weighted by molar-refractivity contribution is 5.76. The Bertz CT molecular complexity index is 395. The number of anilines is 1. The van der Waals surface area contributed by atoms with Crippen molar-refractivity contribution in [2.24, 2.45) is 0 Å². The summed E-state index contributed by atoms with van der Waals surface area (Å²) in [5.74, 6) is 0. The van der Waals surface area contributed by atoms with E-state index in [1.807, 2.05) is 12.2 Å². The molecule has 5 heteroatoms. The van der Waals surface area contributed by atoms with E-state index in [-0.39, 0.29) is 0 Å². The van der Waals surface area contributed by atoms with Gasteiger partial charge >= 0.3 is 6.09 Å². The van der Waals surface area contributed by atoms with Crippen LogP contribution in [0.5, 0.6) is 0 Å². The number of hydrogen-bond donors (Lipinski definition) is 1. The minimum atomic E-state index is -0.996. The van der Waals surface area contributed by atoms with E-state index in [1.165, 1.54) is 6.20 Å².